The number of amides is 1. The Hall–Kier alpha value is -3.17. The van der Waals surface area contributed by atoms with Crippen LogP contribution >= 0.6 is 11.6 Å². The largest absolute Gasteiger partial charge is 0.487 e. The van der Waals surface area contributed by atoms with E-state index >= 15 is 0 Å². The van der Waals surface area contributed by atoms with Crippen LogP contribution in [-0.4, -0.2) is 45.7 Å². The molecule has 0 radical (unpaired) electrons. The van der Waals surface area contributed by atoms with Gasteiger partial charge in [-0.3, -0.25) is 4.79 Å². The van der Waals surface area contributed by atoms with Crippen LogP contribution in [0.4, 0.5) is 20.3 Å². The molecule has 0 aliphatic carbocycles. The number of benzene rings is 1. The number of hydrogen-bond acceptors (Lipinski definition) is 5. The van der Waals surface area contributed by atoms with Gasteiger partial charge in [0, 0.05) is 54.0 Å². The Bertz CT molecular complexity index is 1060. The van der Waals surface area contributed by atoms with Crippen molar-refractivity contribution in [1.82, 2.24) is 9.97 Å². The summed E-state index contributed by atoms with van der Waals surface area (Å²) >= 11 is 4.74. The van der Waals surface area contributed by atoms with Crippen LogP contribution in [0.15, 0.2) is 54.9 Å². The molecule has 4 rings (SSSR count). The van der Waals surface area contributed by atoms with Gasteiger partial charge in [0.2, 0.25) is 0 Å². The Morgan fingerprint density at radius 3 is 2.71 bits per heavy atom. The zero-order chi connectivity index (χ0) is 22.0. The van der Waals surface area contributed by atoms with Crippen LogP contribution < -0.4 is 15.0 Å². The van der Waals surface area contributed by atoms with Crippen molar-refractivity contribution in [2.75, 3.05) is 23.3 Å². The maximum Gasteiger partial charge on any atom is 0.487 e. The van der Waals surface area contributed by atoms with Crippen molar-refractivity contribution in [3.8, 4) is 17.0 Å². The van der Waals surface area contributed by atoms with E-state index in [1.54, 1.807) is 12.3 Å². The molecular weight excluding hydrogens is 430 g/mol. The molecule has 1 fully saturated rings. The molecular formula is C21H19ClF2N4O3. The van der Waals surface area contributed by atoms with Gasteiger partial charge < -0.3 is 25.0 Å². The smallest absolute Gasteiger partial charge is 0.420 e. The lowest BCUT2D eigenvalue weighted by atomic mass is 10.1. The molecule has 0 spiro atoms. The molecule has 0 unspecified atom stereocenters. The van der Waals surface area contributed by atoms with E-state index in [2.05, 4.69) is 20.0 Å². The zero-order valence-electron chi connectivity index (χ0n) is 16.2. The Kier molecular flexibility index (Phi) is 5.79. The highest BCUT2D eigenvalue weighted by Crippen LogP contribution is 2.31. The Labute approximate surface area is 181 Å². The molecule has 1 amide bonds. The van der Waals surface area contributed by atoms with E-state index < -0.39 is 17.6 Å². The number of nitrogens with one attached hydrogen (secondary N) is 2. The second kappa shape index (κ2) is 8.52. The number of anilines is 2. The van der Waals surface area contributed by atoms with E-state index in [0.29, 0.717) is 36.6 Å². The van der Waals surface area contributed by atoms with Gasteiger partial charge in [-0.25, -0.2) is 4.98 Å². The number of aromatic amines is 1. The predicted octanol–water partition coefficient (Wildman–Crippen LogP) is 4.07. The average molecular weight is 449 g/mol. The first-order valence-corrected chi connectivity index (χ1v) is 9.90. The van der Waals surface area contributed by atoms with E-state index in [9.17, 15) is 18.7 Å². The van der Waals surface area contributed by atoms with E-state index in [0.717, 1.165) is 11.3 Å². The number of ether oxygens (including phenoxy) is 1. The van der Waals surface area contributed by atoms with Crippen LogP contribution in [0.1, 0.15) is 16.8 Å². The van der Waals surface area contributed by atoms with Crippen LogP contribution in [0.2, 0.25) is 0 Å². The minimum atomic E-state index is -3.81. The Morgan fingerprint density at radius 1 is 1.32 bits per heavy atom. The fourth-order valence-corrected chi connectivity index (χ4v) is 3.50. The summed E-state index contributed by atoms with van der Waals surface area (Å²) in [6.07, 6.45) is 3.49. The number of hydrogen-bond donors (Lipinski definition) is 3. The quantitative estimate of drug-likeness (QED) is 0.494. The third kappa shape index (κ3) is 5.12. The number of rotatable bonds is 6. The van der Waals surface area contributed by atoms with Crippen molar-refractivity contribution in [1.29, 1.82) is 0 Å². The fourth-order valence-electron chi connectivity index (χ4n) is 3.41. The van der Waals surface area contributed by atoms with Crippen molar-refractivity contribution in [2.45, 2.75) is 18.1 Å². The molecule has 1 atom stereocenters. The Balaban J connectivity index is 1.55. The topological polar surface area (TPSA) is 90.5 Å². The van der Waals surface area contributed by atoms with Crippen molar-refractivity contribution in [3.63, 3.8) is 0 Å². The van der Waals surface area contributed by atoms with Gasteiger partial charge in [-0.1, -0.05) is 0 Å². The highest BCUT2D eigenvalue weighted by atomic mass is 35.5. The van der Waals surface area contributed by atoms with Crippen LogP contribution in [0.25, 0.3) is 11.3 Å². The van der Waals surface area contributed by atoms with E-state index in [-0.39, 0.29) is 5.75 Å². The number of carbonyl (C=O) groups is 1. The van der Waals surface area contributed by atoms with Crippen LogP contribution in [0.3, 0.4) is 0 Å². The SMILES string of the molecule is O=C(Nc1ccc(OC(F)(F)Cl)cc1)c1cnc(N2CC[C@@H](O)C2)c(-c2ccc[nH]2)c1. The first-order valence-electron chi connectivity index (χ1n) is 9.52. The number of aliphatic hydroxyl groups excluding tert-OH is 1. The number of pyridine rings is 1. The predicted molar refractivity (Wildman–Crippen MR) is 113 cm³/mol. The van der Waals surface area contributed by atoms with Crippen molar-refractivity contribution < 1.29 is 23.4 Å². The normalized spacial score (nSPS) is 16.4. The molecule has 0 saturated carbocycles. The summed E-state index contributed by atoms with van der Waals surface area (Å²) in [6.45, 7) is 1.14. The molecule has 7 nitrogen and oxygen atoms in total. The number of halogens is 3. The first kappa shape index (κ1) is 21.1. The van der Waals surface area contributed by atoms with Crippen molar-refractivity contribution >= 4 is 29.0 Å². The van der Waals surface area contributed by atoms with E-state index in [1.807, 2.05) is 17.0 Å². The van der Waals surface area contributed by atoms with Crippen molar-refractivity contribution in [3.05, 3.63) is 60.4 Å². The van der Waals surface area contributed by atoms with E-state index in [4.69, 9.17) is 11.6 Å². The lowest BCUT2D eigenvalue weighted by Gasteiger charge is -2.20. The van der Waals surface area contributed by atoms with Gasteiger partial charge >= 0.3 is 5.57 Å². The minimum absolute atomic E-state index is 0.133. The number of aromatic nitrogens is 2. The number of alkyl halides is 3. The van der Waals surface area contributed by atoms with Gasteiger partial charge in [-0.15, -0.1) is 8.78 Å². The molecule has 3 aromatic rings. The fraction of sp³-hybridized carbons (Fsp3) is 0.238. The molecule has 1 saturated heterocycles. The molecule has 31 heavy (non-hydrogen) atoms. The van der Waals surface area contributed by atoms with Crippen LogP contribution in [-0.2, 0) is 0 Å². The standard InChI is InChI=1S/C21H19ClF2N4O3/c22-21(23,24)31-16-5-3-14(4-6-16)27-20(30)13-10-17(18-2-1-8-25-18)19(26-11-13)28-9-7-15(29)12-28/h1-6,8,10-11,15,25,29H,7,9,12H2,(H,27,30)/t15-/m1/s1. The summed E-state index contributed by atoms with van der Waals surface area (Å²) in [4.78, 5) is 22.3. The highest BCUT2D eigenvalue weighted by Gasteiger charge is 2.27. The molecule has 1 aliphatic heterocycles. The highest BCUT2D eigenvalue weighted by molar-refractivity contribution is 6.20. The van der Waals surface area contributed by atoms with Gasteiger partial charge in [0.1, 0.15) is 11.6 Å². The number of H-pyrrole nitrogens is 1. The average Bonchev–Trinajstić information content (AvgIpc) is 3.40. The van der Waals surface area contributed by atoms with Gasteiger partial charge in [0.05, 0.1) is 11.7 Å². The number of nitrogens with zero attached hydrogens (tertiary/aromatic N) is 2. The molecule has 1 aromatic carbocycles. The van der Waals surface area contributed by atoms with E-state index in [1.165, 1.54) is 30.5 Å². The van der Waals surface area contributed by atoms with Gasteiger partial charge in [-0.05, 0) is 48.9 Å². The maximum absolute atomic E-state index is 12.7. The zero-order valence-corrected chi connectivity index (χ0v) is 16.9. The third-order valence-electron chi connectivity index (χ3n) is 4.83. The number of β-amino-alcohol motifs (C(OH)–C–C–N with tert-alkyl or cyclic N) is 1. The maximum atomic E-state index is 12.7. The lowest BCUT2D eigenvalue weighted by Crippen LogP contribution is -2.23. The molecule has 1 aliphatic rings. The second-order valence-corrected chi connectivity index (χ2v) is 7.53. The summed E-state index contributed by atoms with van der Waals surface area (Å²) in [5, 5.41) is 12.6. The summed E-state index contributed by atoms with van der Waals surface area (Å²) in [5.41, 5.74) is -1.57. The third-order valence-corrected chi connectivity index (χ3v) is 4.90. The van der Waals surface area contributed by atoms with Crippen molar-refractivity contribution in [2.24, 2.45) is 0 Å². The molecule has 10 heteroatoms. The monoisotopic (exact) mass is 448 g/mol. The summed E-state index contributed by atoms with van der Waals surface area (Å²) in [7, 11) is 0. The summed E-state index contributed by atoms with van der Waals surface area (Å²) in [6, 6.07) is 10.8. The second-order valence-electron chi connectivity index (χ2n) is 7.09. The first-order chi connectivity index (χ1) is 14.8. The number of carbonyl (C=O) groups excluding carboxylic acids is 1. The van der Waals surface area contributed by atoms with Gasteiger partial charge in [0.25, 0.3) is 5.91 Å². The Morgan fingerprint density at radius 2 is 2.10 bits per heavy atom. The summed E-state index contributed by atoms with van der Waals surface area (Å²) < 4.78 is 29.7. The lowest BCUT2D eigenvalue weighted by molar-refractivity contribution is -0.0964. The van der Waals surface area contributed by atoms with Gasteiger partial charge in [0.15, 0.2) is 0 Å². The number of aliphatic hydroxyl groups is 1. The minimum Gasteiger partial charge on any atom is -0.420 e. The van der Waals surface area contributed by atoms with Crippen LogP contribution in [0.5, 0.6) is 5.75 Å². The molecule has 3 N–H and O–H groups in total. The van der Waals surface area contributed by atoms with Gasteiger partial charge in [-0.2, -0.15) is 0 Å². The summed E-state index contributed by atoms with van der Waals surface area (Å²) in [5.74, 6) is 0.134. The molecule has 162 valence electrons. The van der Waals surface area contributed by atoms with Crippen LogP contribution in [0, 0.1) is 0 Å². The molecule has 2 aromatic heterocycles. The molecule has 0 bridgehead atoms. The molecule has 3 heterocycles.